The van der Waals surface area contributed by atoms with Gasteiger partial charge < -0.3 is 10.6 Å². The molecule has 0 rings (SSSR count). The maximum atomic E-state index is 4.65. The zero-order chi connectivity index (χ0) is 7.98. The molecule has 0 aromatic heterocycles. The van der Waals surface area contributed by atoms with Crippen molar-refractivity contribution >= 4 is 71.8 Å². The third kappa shape index (κ3) is 17.4. The Morgan fingerprint density at radius 3 is 1.42 bits per heavy atom. The number of rotatable bonds is 3. The van der Waals surface area contributed by atoms with Crippen molar-refractivity contribution in [1.82, 2.24) is 10.6 Å². The van der Waals surface area contributed by atoms with E-state index in [2.05, 4.69) is 60.3 Å². The van der Waals surface area contributed by atoms with E-state index in [0.29, 0.717) is 21.7 Å². The van der Waals surface area contributed by atoms with Crippen LogP contribution in [0.25, 0.3) is 0 Å². The molecule has 12 heavy (non-hydrogen) atoms. The molecule has 0 saturated heterocycles. The molecular weight excluding hydrogens is 291 g/mol. The topological polar surface area (TPSA) is 24.1 Å². The summed E-state index contributed by atoms with van der Waals surface area (Å²) >= 11 is 17.0. The fraction of sp³-hybridized carbons (Fsp3) is 0.500. The molecule has 0 fully saturated rings. The van der Waals surface area contributed by atoms with Gasteiger partial charge in [0.05, 0.1) is 0 Å². The van der Waals surface area contributed by atoms with E-state index >= 15 is 0 Å². The fourth-order valence-electron chi connectivity index (χ4n) is 0.339. The van der Waals surface area contributed by atoms with Crippen LogP contribution in [0.5, 0.6) is 0 Å². The van der Waals surface area contributed by atoms with Gasteiger partial charge in [0.2, 0.25) is 0 Å². The first-order valence-electron chi connectivity index (χ1n) is 2.56. The maximum Gasteiger partial charge on any atom is 0.130 e. The number of nitrogens with one attached hydrogen (secondary N) is 2. The molecule has 0 aliphatic carbocycles. The molecule has 0 heterocycles. The summed E-state index contributed by atoms with van der Waals surface area (Å²) < 4.78 is 0.985. The number of hydrogen-bond acceptors (Lipinski definition) is 2. The second-order valence-electron chi connectivity index (χ2n) is 1.46. The Morgan fingerprint density at radius 1 is 1.00 bits per heavy atom. The standard InChI is InChI=1S/C4H8N2S4.Mn.H2S/c7-3(8)5-1-2-6-4(9)10;;/h1-2H2,(H2,5,7,8)(H2,6,9,10);;1H2. The largest absolute Gasteiger partial charge is 0.369 e. The summed E-state index contributed by atoms with van der Waals surface area (Å²) in [5.41, 5.74) is 0. The Hall–Kier alpha value is 1.35. The van der Waals surface area contributed by atoms with Crippen LogP contribution in [0.2, 0.25) is 0 Å². The molecule has 0 aliphatic rings. The second-order valence-corrected chi connectivity index (χ2v) is 3.78. The third-order valence-corrected chi connectivity index (χ3v) is 1.28. The van der Waals surface area contributed by atoms with Crippen molar-refractivity contribution in [3.63, 3.8) is 0 Å². The van der Waals surface area contributed by atoms with Gasteiger partial charge in [-0.3, -0.25) is 0 Å². The van der Waals surface area contributed by atoms with Crippen LogP contribution >= 0.6 is 63.2 Å². The molecule has 0 amide bonds. The van der Waals surface area contributed by atoms with Gasteiger partial charge in [-0.15, -0.1) is 25.3 Å². The van der Waals surface area contributed by atoms with Crippen molar-refractivity contribution in [3.05, 3.63) is 0 Å². The summed E-state index contributed by atoms with van der Waals surface area (Å²) in [6, 6.07) is 0. The molecule has 73 valence electrons. The SMILES string of the molecule is S.S=C(S)NCCNC(=S)S.[Mn]. The van der Waals surface area contributed by atoms with Crippen molar-refractivity contribution in [2.75, 3.05) is 13.1 Å². The Labute approximate surface area is 112 Å². The van der Waals surface area contributed by atoms with Crippen LogP contribution in [0.1, 0.15) is 0 Å². The van der Waals surface area contributed by atoms with Crippen LogP contribution < -0.4 is 10.6 Å². The van der Waals surface area contributed by atoms with E-state index in [1.807, 2.05) is 0 Å². The van der Waals surface area contributed by atoms with Crippen molar-refractivity contribution in [3.8, 4) is 0 Å². The van der Waals surface area contributed by atoms with E-state index in [1.54, 1.807) is 0 Å². The first kappa shape index (κ1) is 19.0. The minimum absolute atomic E-state index is 0. The average molecular weight is 301 g/mol. The van der Waals surface area contributed by atoms with Crippen molar-refractivity contribution < 1.29 is 17.1 Å². The predicted molar refractivity (Wildman–Crippen MR) is 69.6 cm³/mol. The summed E-state index contributed by atoms with van der Waals surface area (Å²) in [5.74, 6) is 0. The molecule has 0 spiro atoms. The first-order chi connectivity index (χ1) is 4.63. The van der Waals surface area contributed by atoms with Crippen molar-refractivity contribution in [2.45, 2.75) is 0 Å². The maximum absolute atomic E-state index is 4.65. The Morgan fingerprint density at radius 2 is 1.25 bits per heavy atom. The summed E-state index contributed by atoms with van der Waals surface area (Å²) in [5, 5.41) is 5.68. The van der Waals surface area contributed by atoms with E-state index in [-0.39, 0.29) is 30.6 Å². The molecule has 0 saturated carbocycles. The second kappa shape index (κ2) is 12.3. The molecule has 0 unspecified atom stereocenters. The van der Waals surface area contributed by atoms with Crippen LogP contribution in [0.4, 0.5) is 0 Å². The predicted octanol–water partition coefficient (Wildman–Crippen LogP) is 0.705. The van der Waals surface area contributed by atoms with E-state index in [4.69, 9.17) is 0 Å². The minimum Gasteiger partial charge on any atom is -0.369 e. The molecule has 0 bridgehead atoms. The molecule has 1 radical (unpaired) electrons. The summed E-state index contributed by atoms with van der Waals surface area (Å²) in [6.45, 7) is 1.42. The zero-order valence-corrected chi connectivity index (χ0v) is 11.6. The van der Waals surface area contributed by atoms with Gasteiger partial charge in [-0.25, -0.2) is 0 Å². The normalized spacial score (nSPS) is 7.17. The first-order valence-corrected chi connectivity index (χ1v) is 4.27. The minimum atomic E-state index is 0. The van der Waals surface area contributed by atoms with Crippen LogP contribution in [0.15, 0.2) is 0 Å². The van der Waals surface area contributed by atoms with Crippen LogP contribution in [-0.2, 0) is 17.1 Å². The van der Waals surface area contributed by atoms with Gasteiger partial charge in [-0.05, 0) is 0 Å². The van der Waals surface area contributed by atoms with Gasteiger partial charge in [-0.2, -0.15) is 13.5 Å². The number of hydrogen-bond donors (Lipinski definition) is 4. The van der Waals surface area contributed by atoms with E-state index in [9.17, 15) is 0 Å². The molecule has 0 aromatic rings. The smallest absolute Gasteiger partial charge is 0.130 e. The summed E-state index contributed by atoms with van der Waals surface area (Å²) in [7, 11) is 0. The Kier molecular flexibility index (Phi) is 19.6. The van der Waals surface area contributed by atoms with Crippen LogP contribution in [-0.4, -0.2) is 21.7 Å². The van der Waals surface area contributed by atoms with Gasteiger partial charge >= 0.3 is 0 Å². The number of thiocarbonyl (C=S) groups is 2. The average Bonchev–Trinajstić information content (AvgIpc) is 1.79. The van der Waals surface area contributed by atoms with Gasteiger partial charge in [0, 0.05) is 30.2 Å². The van der Waals surface area contributed by atoms with Crippen molar-refractivity contribution in [2.24, 2.45) is 0 Å². The van der Waals surface area contributed by atoms with Crippen LogP contribution in [0, 0.1) is 0 Å². The molecule has 0 atom stereocenters. The fourth-order valence-corrected chi connectivity index (χ4v) is 0.767. The zero-order valence-electron chi connectivity index (χ0n) is 6.00. The Bertz CT molecular complexity index is 125. The molecule has 8 heteroatoms. The number of thiol groups is 2. The molecule has 2 nitrogen and oxygen atoms in total. The molecular formula is C4H10MnN2S5. The van der Waals surface area contributed by atoms with E-state index in [1.165, 1.54) is 0 Å². The quantitative estimate of drug-likeness (QED) is 0.267. The van der Waals surface area contributed by atoms with E-state index < -0.39 is 0 Å². The summed E-state index contributed by atoms with van der Waals surface area (Å²) in [6.07, 6.45) is 0. The van der Waals surface area contributed by atoms with Gasteiger partial charge in [0.15, 0.2) is 0 Å². The molecule has 0 aliphatic heterocycles. The van der Waals surface area contributed by atoms with Crippen molar-refractivity contribution in [1.29, 1.82) is 0 Å². The molecule has 0 aromatic carbocycles. The van der Waals surface area contributed by atoms with E-state index in [0.717, 1.165) is 0 Å². The monoisotopic (exact) mass is 301 g/mol. The van der Waals surface area contributed by atoms with Gasteiger partial charge in [0.1, 0.15) is 8.64 Å². The van der Waals surface area contributed by atoms with Gasteiger partial charge in [-0.1, -0.05) is 24.4 Å². The summed E-state index contributed by atoms with van der Waals surface area (Å²) in [4.78, 5) is 0. The van der Waals surface area contributed by atoms with Gasteiger partial charge in [0.25, 0.3) is 0 Å². The van der Waals surface area contributed by atoms with Crippen LogP contribution in [0.3, 0.4) is 0 Å². The Balaban J connectivity index is -0.000000405. The third-order valence-electron chi connectivity index (χ3n) is 0.677. The molecule has 2 N–H and O–H groups in total.